The van der Waals surface area contributed by atoms with Crippen molar-refractivity contribution in [1.82, 2.24) is 0 Å². The Bertz CT molecular complexity index is 598. The molecule has 0 atom stereocenters. The van der Waals surface area contributed by atoms with Crippen molar-refractivity contribution < 1.29 is 52.5 Å². The molecule has 0 amide bonds. The number of aliphatic hydroxyl groups excluding tert-OH is 1. The molecular formula is C38H76O11. The third-order valence-electron chi connectivity index (χ3n) is 7.38. The molecule has 0 radical (unpaired) electrons. The third kappa shape index (κ3) is 47.3. The monoisotopic (exact) mass is 709 g/mol. The lowest BCUT2D eigenvalue weighted by Gasteiger charge is -2.09. The molecule has 0 aromatic heterocycles. The first-order valence-electron chi connectivity index (χ1n) is 19.4. The quantitative estimate of drug-likeness (QED) is 0.0578. The lowest BCUT2D eigenvalue weighted by atomic mass is 10.1. The smallest absolute Gasteiger partial charge is 0.0701 e. The summed E-state index contributed by atoms with van der Waals surface area (Å²) in [5.74, 6) is 0. The molecule has 0 saturated carbocycles. The van der Waals surface area contributed by atoms with Crippen LogP contribution in [0.25, 0.3) is 0 Å². The number of ether oxygens (including phenoxy) is 10. The van der Waals surface area contributed by atoms with Crippen LogP contribution in [0, 0.1) is 0 Å². The van der Waals surface area contributed by atoms with Gasteiger partial charge in [0.05, 0.1) is 132 Å². The fraction of sp³-hybridized carbons (Fsp3) is 0.947. The number of hydrogen-bond donors (Lipinski definition) is 1. The summed E-state index contributed by atoms with van der Waals surface area (Å²) in [6, 6.07) is 0. The van der Waals surface area contributed by atoms with E-state index in [0.29, 0.717) is 126 Å². The Morgan fingerprint density at radius 3 is 0.837 bits per heavy atom. The van der Waals surface area contributed by atoms with Crippen molar-refractivity contribution in [2.24, 2.45) is 0 Å². The number of aliphatic hydroxyl groups is 1. The van der Waals surface area contributed by atoms with Gasteiger partial charge in [0.2, 0.25) is 0 Å². The van der Waals surface area contributed by atoms with Crippen LogP contribution in [0.4, 0.5) is 0 Å². The van der Waals surface area contributed by atoms with Crippen LogP contribution in [0.15, 0.2) is 12.2 Å². The summed E-state index contributed by atoms with van der Waals surface area (Å²) in [7, 11) is 0. The molecule has 0 aliphatic carbocycles. The third-order valence-corrected chi connectivity index (χ3v) is 7.38. The van der Waals surface area contributed by atoms with Crippen LogP contribution in [0.2, 0.25) is 0 Å². The van der Waals surface area contributed by atoms with Crippen LogP contribution in [0.1, 0.15) is 96.8 Å². The predicted molar refractivity (Wildman–Crippen MR) is 195 cm³/mol. The summed E-state index contributed by atoms with van der Waals surface area (Å²) in [6.45, 7) is 13.1. The molecule has 0 aromatic rings. The SMILES string of the molecule is CCCCCCCCC=CCCCCCCCCOCCOCCOCCOCCOCCOCCOCCOCCOCCOCCO. The zero-order chi connectivity index (χ0) is 35.2. The highest BCUT2D eigenvalue weighted by Gasteiger charge is 1.97. The van der Waals surface area contributed by atoms with Gasteiger partial charge in [-0.3, -0.25) is 0 Å². The van der Waals surface area contributed by atoms with Crippen LogP contribution in [0.3, 0.4) is 0 Å². The van der Waals surface area contributed by atoms with Crippen molar-refractivity contribution >= 4 is 0 Å². The van der Waals surface area contributed by atoms with Gasteiger partial charge in [-0.05, 0) is 32.1 Å². The molecule has 294 valence electrons. The largest absolute Gasteiger partial charge is 0.394 e. The molecular weight excluding hydrogens is 632 g/mol. The Balaban J connectivity index is 3.06. The molecule has 11 heteroatoms. The maximum absolute atomic E-state index is 8.59. The fourth-order valence-corrected chi connectivity index (χ4v) is 4.60. The second kappa shape index (κ2) is 47.3. The summed E-state index contributed by atoms with van der Waals surface area (Å²) in [5, 5.41) is 8.59. The van der Waals surface area contributed by atoms with Gasteiger partial charge in [0, 0.05) is 6.61 Å². The van der Waals surface area contributed by atoms with Crippen molar-refractivity contribution in [3.05, 3.63) is 12.2 Å². The van der Waals surface area contributed by atoms with Crippen molar-refractivity contribution in [2.45, 2.75) is 96.8 Å². The number of hydrogen-bond acceptors (Lipinski definition) is 11. The summed E-state index contributed by atoms with van der Waals surface area (Å²) < 4.78 is 54.5. The molecule has 1 N–H and O–H groups in total. The summed E-state index contributed by atoms with van der Waals surface area (Å²) in [5.41, 5.74) is 0. The molecule has 49 heavy (non-hydrogen) atoms. The van der Waals surface area contributed by atoms with Gasteiger partial charge in [-0.2, -0.15) is 0 Å². The van der Waals surface area contributed by atoms with E-state index in [0.717, 1.165) is 13.0 Å². The maximum atomic E-state index is 8.59. The summed E-state index contributed by atoms with van der Waals surface area (Å²) >= 11 is 0. The number of unbranched alkanes of at least 4 members (excludes halogenated alkanes) is 12. The van der Waals surface area contributed by atoms with Crippen molar-refractivity contribution in [1.29, 1.82) is 0 Å². The van der Waals surface area contributed by atoms with E-state index >= 15 is 0 Å². The average molecular weight is 709 g/mol. The number of rotatable bonds is 45. The second-order valence-electron chi connectivity index (χ2n) is 11.8. The molecule has 0 bridgehead atoms. The predicted octanol–water partition coefficient (Wildman–Crippen LogP) is 6.18. The lowest BCUT2D eigenvalue weighted by molar-refractivity contribution is -0.0268. The second-order valence-corrected chi connectivity index (χ2v) is 11.8. The molecule has 0 unspecified atom stereocenters. The normalized spacial score (nSPS) is 11.8. The van der Waals surface area contributed by atoms with E-state index in [1.165, 1.54) is 83.5 Å². The highest BCUT2D eigenvalue weighted by atomic mass is 16.6. The van der Waals surface area contributed by atoms with Gasteiger partial charge in [0.1, 0.15) is 0 Å². The summed E-state index contributed by atoms with van der Waals surface area (Å²) in [6.07, 6.45) is 23.3. The standard InChI is InChI=1S/C38H76O11/c1-2-3-4-5-6-7-8-9-10-11-12-13-14-15-16-17-19-40-21-23-42-25-27-44-29-31-46-33-35-48-37-38-49-36-34-47-32-30-45-28-26-43-24-22-41-20-18-39/h9-10,39H,2-8,11-38H2,1H3. The minimum absolute atomic E-state index is 0.0297. The zero-order valence-corrected chi connectivity index (χ0v) is 31.4. The van der Waals surface area contributed by atoms with Gasteiger partial charge in [-0.25, -0.2) is 0 Å². The van der Waals surface area contributed by atoms with Crippen molar-refractivity contribution in [2.75, 3.05) is 139 Å². The molecule has 0 rings (SSSR count). The van der Waals surface area contributed by atoms with Crippen LogP contribution in [0.5, 0.6) is 0 Å². The summed E-state index contributed by atoms with van der Waals surface area (Å²) in [4.78, 5) is 0. The average Bonchev–Trinajstić information content (AvgIpc) is 3.11. The van der Waals surface area contributed by atoms with Crippen LogP contribution in [-0.2, 0) is 47.4 Å². The van der Waals surface area contributed by atoms with E-state index in [-0.39, 0.29) is 6.61 Å². The molecule has 11 nitrogen and oxygen atoms in total. The zero-order valence-electron chi connectivity index (χ0n) is 31.4. The van der Waals surface area contributed by atoms with Gasteiger partial charge in [-0.15, -0.1) is 0 Å². The Labute approximate surface area is 299 Å². The van der Waals surface area contributed by atoms with Crippen LogP contribution >= 0.6 is 0 Å². The van der Waals surface area contributed by atoms with Crippen LogP contribution < -0.4 is 0 Å². The first kappa shape index (κ1) is 48.3. The molecule has 0 spiro atoms. The van der Waals surface area contributed by atoms with E-state index < -0.39 is 0 Å². The van der Waals surface area contributed by atoms with E-state index in [1.54, 1.807) is 0 Å². The molecule has 0 aliphatic rings. The van der Waals surface area contributed by atoms with Gasteiger partial charge in [-0.1, -0.05) is 76.9 Å². The highest BCUT2D eigenvalue weighted by molar-refractivity contribution is 4.81. The van der Waals surface area contributed by atoms with E-state index in [2.05, 4.69) is 19.1 Å². The lowest BCUT2D eigenvalue weighted by Crippen LogP contribution is -2.15. The first-order valence-corrected chi connectivity index (χ1v) is 19.4. The van der Waals surface area contributed by atoms with Gasteiger partial charge in [0.15, 0.2) is 0 Å². The highest BCUT2D eigenvalue weighted by Crippen LogP contribution is 2.10. The van der Waals surface area contributed by atoms with Gasteiger partial charge >= 0.3 is 0 Å². The molecule has 0 saturated heterocycles. The Kier molecular flexibility index (Phi) is 46.6. The van der Waals surface area contributed by atoms with E-state index in [4.69, 9.17) is 52.5 Å². The van der Waals surface area contributed by atoms with E-state index in [1.807, 2.05) is 0 Å². The molecule has 0 aromatic carbocycles. The minimum Gasteiger partial charge on any atom is -0.394 e. The molecule has 0 heterocycles. The Morgan fingerprint density at radius 2 is 0.531 bits per heavy atom. The molecule has 0 fully saturated rings. The van der Waals surface area contributed by atoms with Gasteiger partial charge < -0.3 is 52.5 Å². The minimum atomic E-state index is 0.0297. The maximum Gasteiger partial charge on any atom is 0.0701 e. The topological polar surface area (TPSA) is 113 Å². The molecule has 0 aliphatic heterocycles. The fourth-order valence-electron chi connectivity index (χ4n) is 4.60. The van der Waals surface area contributed by atoms with Crippen LogP contribution in [-0.4, -0.2) is 144 Å². The van der Waals surface area contributed by atoms with E-state index in [9.17, 15) is 0 Å². The van der Waals surface area contributed by atoms with Gasteiger partial charge in [0.25, 0.3) is 0 Å². The van der Waals surface area contributed by atoms with Crippen molar-refractivity contribution in [3.63, 3.8) is 0 Å². The number of allylic oxidation sites excluding steroid dienone is 2. The Morgan fingerprint density at radius 1 is 0.286 bits per heavy atom. The first-order chi connectivity index (χ1) is 24.4. The van der Waals surface area contributed by atoms with Crippen molar-refractivity contribution in [3.8, 4) is 0 Å². The Hall–Kier alpha value is -0.700.